The van der Waals surface area contributed by atoms with E-state index in [2.05, 4.69) is 12.2 Å². The first kappa shape index (κ1) is 14.8. The van der Waals surface area contributed by atoms with Crippen LogP contribution in [0.1, 0.15) is 39.5 Å². The van der Waals surface area contributed by atoms with Crippen LogP contribution in [0.25, 0.3) is 0 Å². The Kier molecular flexibility index (Phi) is 4.01. The van der Waals surface area contributed by atoms with Crippen LogP contribution >= 0.6 is 0 Å². The molecule has 112 valence electrons. The minimum absolute atomic E-state index is 0.0176. The standard InChI is InChI=1S/C14H23N3O3/c1-4-16(3)11(18)9-17-13(20)15-12(19)14(17)7-5-10(2)6-8-14/h10H,4-9H2,1-3H3,(H,15,19,20). The summed E-state index contributed by atoms with van der Waals surface area (Å²) in [5.74, 6) is 0.205. The third-order valence-electron chi connectivity index (χ3n) is 4.70. The van der Waals surface area contributed by atoms with Gasteiger partial charge in [-0.15, -0.1) is 0 Å². The Hall–Kier alpha value is -1.59. The summed E-state index contributed by atoms with van der Waals surface area (Å²) in [6.45, 7) is 4.61. The largest absolute Gasteiger partial charge is 0.344 e. The molecular weight excluding hydrogens is 258 g/mol. The highest BCUT2D eigenvalue weighted by Gasteiger charge is 2.54. The Bertz CT molecular complexity index is 427. The lowest BCUT2D eigenvalue weighted by atomic mass is 9.76. The van der Waals surface area contributed by atoms with E-state index in [1.54, 1.807) is 11.9 Å². The molecule has 0 unspecified atom stereocenters. The van der Waals surface area contributed by atoms with E-state index in [4.69, 9.17) is 0 Å². The Labute approximate surface area is 119 Å². The fourth-order valence-electron chi connectivity index (χ4n) is 2.99. The number of likely N-dealkylation sites (N-methyl/N-ethyl adjacent to an activating group) is 1. The number of carbonyl (C=O) groups is 3. The van der Waals surface area contributed by atoms with Gasteiger partial charge in [-0.2, -0.15) is 0 Å². The Balaban J connectivity index is 2.18. The first-order valence-corrected chi connectivity index (χ1v) is 7.27. The van der Waals surface area contributed by atoms with Crippen LogP contribution < -0.4 is 5.32 Å². The molecule has 6 nitrogen and oxygen atoms in total. The normalized spacial score (nSPS) is 29.8. The second-order valence-corrected chi connectivity index (χ2v) is 5.97. The highest BCUT2D eigenvalue weighted by Crippen LogP contribution is 2.39. The number of hydrogen-bond donors (Lipinski definition) is 1. The molecule has 2 rings (SSSR count). The van der Waals surface area contributed by atoms with Crippen molar-refractivity contribution >= 4 is 17.8 Å². The Morgan fingerprint density at radius 2 is 2.00 bits per heavy atom. The monoisotopic (exact) mass is 281 g/mol. The molecule has 1 saturated heterocycles. The summed E-state index contributed by atoms with van der Waals surface area (Å²) in [6.07, 6.45) is 3.12. The molecule has 0 aromatic rings. The van der Waals surface area contributed by atoms with Crippen molar-refractivity contribution in [3.8, 4) is 0 Å². The van der Waals surface area contributed by atoms with Crippen molar-refractivity contribution in [1.82, 2.24) is 15.1 Å². The van der Waals surface area contributed by atoms with Crippen molar-refractivity contribution in [1.29, 1.82) is 0 Å². The van der Waals surface area contributed by atoms with Gasteiger partial charge >= 0.3 is 6.03 Å². The SMILES string of the molecule is CCN(C)C(=O)CN1C(=O)NC(=O)C12CCC(C)CC2. The summed E-state index contributed by atoms with van der Waals surface area (Å²) in [4.78, 5) is 39.3. The second-order valence-electron chi connectivity index (χ2n) is 5.97. The van der Waals surface area contributed by atoms with Crippen LogP contribution in [0.5, 0.6) is 0 Å². The van der Waals surface area contributed by atoms with Crippen LogP contribution in [0.2, 0.25) is 0 Å². The van der Waals surface area contributed by atoms with E-state index in [1.165, 1.54) is 4.90 Å². The van der Waals surface area contributed by atoms with Gasteiger partial charge in [-0.05, 0) is 38.5 Å². The first-order chi connectivity index (χ1) is 9.40. The number of amides is 4. The van der Waals surface area contributed by atoms with Gasteiger partial charge in [0.2, 0.25) is 5.91 Å². The number of urea groups is 1. The summed E-state index contributed by atoms with van der Waals surface area (Å²) in [6, 6.07) is -0.428. The van der Waals surface area contributed by atoms with Crippen molar-refractivity contribution in [3.63, 3.8) is 0 Å². The lowest BCUT2D eigenvalue weighted by Gasteiger charge is -2.40. The van der Waals surface area contributed by atoms with Gasteiger partial charge in [0, 0.05) is 13.6 Å². The number of carbonyl (C=O) groups excluding carboxylic acids is 3. The minimum Gasteiger partial charge on any atom is -0.344 e. The molecule has 0 aromatic heterocycles. The molecule has 0 atom stereocenters. The number of rotatable bonds is 3. The molecule has 0 radical (unpaired) electrons. The smallest absolute Gasteiger partial charge is 0.325 e. The van der Waals surface area contributed by atoms with E-state index in [9.17, 15) is 14.4 Å². The third-order valence-corrected chi connectivity index (χ3v) is 4.70. The van der Waals surface area contributed by atoms with Crippen LogP contribution in [-0.2, 0) is 9.59 Å². The number of imide groups is 1. The molecule has 6 heteroatoms. The van der Waals surface area contributed by atoms with Crippen LogP contribution in [0.4, 0.5) is 4.79 Å². The highest BCUT2D eigenvalue weighted by molar-refractivity contribution is 6.08. The molecule has 2 aliphatic rings. The van der Waals surface area contributed by atoms with Crippen molar-refractivity contribution in [2.75, 3.05) is 20.1 Å². The average Bonchev–Trinajstić information content (AvgIpc) is 2.65. The summed E-state index contributed by atoms with van der Waals surface area (Å²) < 4.78 is 0. The molecule has 0 aromatic carbocycles. The number of hydrogen-bond acceptors (Lipinski definition) is 3. The molecular formula is C14H23N3O3. The molecule has 2 fully saturated rings. The van der Waals surface area contributed by atoms with Crippen molar-refractivity contribution in [3.05, 3.63) is 0 Å². The van der Waals surface area contributed by atoms with Gasteiger partial charge in [-0.3, -0.25) is 14.9 Å². The first-order valence-electron chi connectivity index (χ1n) is 7.27. The van der Waals surface area contributed by atoms with Crippen LogP contribution in [0.15, 0.2) is 0 Å². The maximum atomic E-state index is 12.2. The van der Waals surface area contributed by atoms with Gasteiger partial charge in [0.15, 0.2) is 0 Å². The number of nitrogens with one attached hydrogen (secondary N) is 1. The molecule has 1 saturated carbocycles. The zero-order valence-corrected chi connectivity index (χ0v) is 12.4. The lowest BCUT2D eigenvalue weighted by molar-refractivity contribution is -0.134. The lowest BCUT2D eigenvalue weighted by Crippen LogP contribution is -2.54. The molecule has 4 amide bonds. The van der Waals surface area contributed by atoms with Crippen molar-refractivity contribution in [2.45, 2.75) is 45.1 Å². The van der Waals surface area contributed by atoms with E-state index in [1.807, 2.05) is 6.92 Å². The fourth-order valence-corrected chi connectivity index (χ4v) is 2.99. The molecule has 1 aliphatic heterocycles. The van der Waals surface area contributed by atoms with E-state index in [0.29, 0.717) is 25.3 Å². The topological polar surface area (TPSA) is 69.7 Å². The van der Waals surface area contributed by atoms with Gasteiger partial charge in [-0.25, -0.2) is 4.79 Å². The quantitative estimate of drug-likeness (QED) is 0.784. The average molecular weight is 281 g/mol. The van der Waals surface area contributed by atoms with E-state index in [-0.39, 0.29) is 18.4 Å². The maximum absolute atomic E-state index is 12.2. The Morgan fingerprint density at radius 1 is 1.40 bits per heavy atom. The van der Waals surface area contributed by atoms with Crippen molar-refractivity contribution < 1.29 is 14.4 Å². The molecule has 20 heavy (non-hydrogen) atoms. The van der Waals surface area contributed by atoms with Gasteiger partial charge in [0.25, 0.3) is 5.91 Å². The summed E-state index contributed by atoms with van der Waals surface area (Å²) >= 11 is 0. The van der Waals surface area contributed by atoms with Gasteiger partial charge < -0.3 is 9.80 Å². The summed E-state index contributed by atoms with van der Waals surface area (Å²) in [5.41, 5.74) is -0.798. The van der Waals surface area contributed by atoms with E-state index in [0.717, 1.165) is 12.8 Å². The summed E-state index contributed by atoms with van der Waals surface area (Å²) in [7, 11) is 1.70. The van der Waals surface area contributed by atoms with Crippen molar-refractivity contribution in [2.24, 2.45) is 5.92 Å². The summed E-state index contributed by atoms with van der Waals surface area (Å²) in [5, 5.41) is 2.38. The van der Waals surface area contributed by atoms with Gasteiger partial charge in [0.1, 0.15) is 12.1 Å². The molecule has 0 bridgehead atoms. The molecule has 1 N–H and O–H groups in total. The van der Waals surface area contributed by atoms with Gasteiger partial charge in [0.05, 0.1) is 0 Å². The van der Waals surface area contributed by atoms with Gasteiger partial charge in [-0.1, -0.05) is 6.92 Å². The minimum atomic E-state index is -0.798. The Morgan fingerprint density at radius 3 is 2.55 bits per heavy atom. The van der Waals surface area contributed by atoms with Crippen LogP contribution in [-0.4, -0.2) is 53.3 Å². The van der Waals surface area contributed by atoms with E-state index < -0.39 is 11.6 Å². The zero-order chi connectivity index (χ0) is 14.9. The van der Waals surface area contributed by atoms with Crippen LogP contribution in [0, 0.1) is 5.92 Å². The highest BCUT2D eigenvalue weighted by atomic mass is 16.2. The fraction of sp³-hybridized carbons (Fsp3) is 0.786. The van der Waals surface area contributed by atoms with Crippen LogP contribution in [0.3, 0.4) is 0 Å². The molecule has 1 spiro atoms. The molecule has 1 heterocycles. The predicted molar refractivity (Wildman–Crippen MR) is 73.9 cm³/mol. The maximum Gasteiger partial charge on any atom is 0.325 e. The second kappa shape index (κ2) is 5.42. The predicted octanol–water partition coefficient (Wildman–Crippen LogP) is 0.965. The zero-order valence-electron chi connectivity index (χ0n) is 12.4. The van der Waals surface area contributed by atoms with E-state index >= 15 is 0 Å². The number of nitrogens with zero attached hydrogens (tertiary/aromatic N) is 2. The molecule has 1 aliphatic carbocycles. The third kappa shape index (κ3) is 2.39.